The van der Waals surface area contributed by atoms with Crippen LogP contribution in [0.25, 0.3) is 0 Å². The summed E-state index contributed by atoms with van der Waals surface area (Å²) in [6.07, 6.45) is 6.25. The minimum Gasteiger partial charge on any atom is -0.506 e. The van der Waals surface area contributed by atoms with Crippen LogP contribution in [0.3, 0.4) is 0 Å². The van der Waals surface area contributed by atoms with Gasteiger partial charge in [0.25, 0.3) is 0 Å². The number of aromatic hydroxyl groups is 1. The number of phenols is 1. The minimum absolute atomic E-state index is 0.105. The van der Waals surface area contributed by atoms with Gasteiger partial charge in [0, 0.05) is 30.5 Å². The number of nitrogens with one attached hydrogen (secondary N) is 1. The first-order valence-electron chi connectivity index (χ1n) is 9.38. The maximum atomic E-state index is 12.6. The van der Waals surface area contributed by atoms with Crippen LogP contribution in [0, 0.1) is 0 Å². The summed E-state index contributed by atoms with van der Waals surface area (Å²) in [7, 11) is 0.284. The van der Waals surface area contributed by atoms with E-state index in [-0.39, 0.29) is 22.2 Å². The molecule has 1 unspecified atom stereocenters. The Labute approximate surface area is 168 Å². The van der Waals surface area contributed by atoms with Crippen LogP contribution in [0.4, 0.5) is 5.69 Å². The molecule has 6 nitrogen and oxygen atoms in total. The molecule has 0 radical (unpaired) electrons. The number of hydrogen-bond donors (Lipinski definition) is 2. The summed E-state index contributed by atoms with van der Waals surface area (Å²) >= 11 is 0. The first kappa shape index (κ1) is 20.8. The second-order valence-electron chi connectivity index (χ2n) is 6.91. The monoisotopic (exact) mass is 430 g/mol. The van der Waals surface area contributed by atoms with Gasteiger partial charge in [-0.3, -0.25) is 4.79 Å². The second kappa shape index (κ2) is 9.54. The van der Waals surface area contributed by atoms with E-state index < -0.39 is 10.0 Å². The average Bonchev–Trinajstić information content (AvgIpc) is 3.34. The molecule has 2 heterocycles. The highest BCUT2D eigenvalue weighted by Gasteiger charge is 2.28. The number of unbranched alkanes of at least 4 members (excludes halogenated alkanes) is 1. The summed E-state index contributed by atoms with van der Waals surface area (Å²) in [6.45, 7) is 1.03. The van der Waals surface area contributed by atoms with Crippen molar-refractivity contribution in [2.24, 2.45) is 0 Å². The normalized spacial score (nSPS) is 20.8. The lowest BCUT2D eigenvalue weighted by Crippen LogP contribution is -2.27. The van der Waals surface area contributed by atoms with Crippen LogP contribution in [0.1, 0.15) is 44.9 Å². The van der Waals surface area contributed by atoms with Gasteiger partial charge in [0.2, 0.25) is 15.9 Å². The highest BCUT2D eigenvalue weighted by molar-refractivity contribution is 8.77. The second-order valence-corrected chi connectivity index (χ2v) is 11.6. The number of anilines is 1. The van der Waals surface area contributed by atoms with Gasteiger partial charge in [-0.2, -0.15) is 4.31 Å². The molecule has 1 aromatic carbocycles. The molecule has 1 atom stereocenters. The number of carbonyl (C=O) groups excluding carboxylic acids is 1. The summed E-state index contributed by atoms with van der Waals surface area (Å²) in [5, 5.41) is 13.4. The fraction of sp³-hybridized carbons (Fsp3) is 0.611. The van der Waals surface area contributed by atoms with Crippen LogP contribution in [0.2, 0.25) is 0 Å². The molecule has 0 aliphatic carbocycles. The van der Waals surface area contributed by atoms with Crippen molar-refractivity contribution < 1.29 is 18.3 Å². The highest BCUT2D eigenvalue weighted by Crippen LogP contribution is 2.40. The van der Waals surface area contributed by atoms with Gasteiger partial charge in [0.15, 0.2) is 0 Å². The molecule has 9 heteroatoms. The number of carbonyl (C=O) groups is 1. The lowest BCUT2D eigenvalue weighted by molar-refractivity contribution is -0.116. The van der Waals surface area contributed by atoms with Gasteiger partial charge < -0.3 is 10.4 Å². The number of amides is 1. The van der Waals surface area contributed by atoms with Crippen molar-refractivity contribution in [1.82, 2.24) is 4.31 Å². The lowest BCUT2D eigenvalue weighted by atomic mass is 10.1. The topological polar surface area (TPSA) is 86.7 Å². The van der Waals surface area contributed by atoms with Gasteiger partial charge in [0.1, 0.15) is 5.75 Å². The molecule has 2 fully saturated rings. The van der Waals surface area contributed by atoms with E-state index in [4.69, 9.17) is 0 Å². The maximum absolute atomic E-state index is 12.6. The lowest BCUT2D eigenvalue weighted by Gasteiger charge is -2.16. The SMILES string of the molecule is O=C(CCCCC1CCSS1)Nc1cc(S(=O)(=O)N2CCCC2)ccc1O. The predicted octanol–water partition coefficient (Wildman–Crippen LogP) is 3.83. The van der Waals surface area contributed by atoms with Gasteiger partial charge in [0.05, 0.1) is 10.6 Å². The third-order valence-electron chi connectivity index (χ3n) is 4.85. The summed E-state index contributed by atoms with van der Waals surface area (Å²) in [5.41, 5.74) is 0.156. The standard InChI is InChI=1S/C18H26N2O4S3/c21-17-8-7-15(27(23,24)20-10-3-4-11-20)13-16(17)19-18(22)6-2-1-5-14-9-12-25-26-14/h7-8,13-14,21H,1-6,9-12H2,(H,19,22). The molecule has 1 aromatic rings. The van der Waals surface area contributed by atoms with Crippen LogP contribution in [-0.2, 0) is 14.8 Å². The third-order valence-corrected chi connectivity index (χ3v) is 9.75. The zero-order valence-corrected chi connectivity index (χ0v) is 17.7. The Morgan fingerprint density at radius 1 is 1.26 bits per heavy atom. The van der Waals surface area contributed by atoms with Gasteiger partial charge in [-0.15, -0.1) is 0 Å². The first-order valence-corrected chi connectivity index (χ1v) is 13.2. The van der Waals surface area contributed by atoms with Crippen LogP contribution >= 0.6 is 21.6 Å². The third kappa shape index (κ3) is 5.56. The Hall–Kier alpha value is -0.900. The van der Waals surface area contributed by atoms with Gasteiger partial charge in [-0.25, -0.2) is 8.42 Å². The summed E-state index contributed by atoms with van der Waals surface area (Å²) in [4.78, 5) is 12.3. The van der Waals surface area contributed by atoms with E-state index in [1.165, 1.54) is 34.7 Å². The number of hydrogen-bond acceptors (Lipinski definition) is 6. The molecule has 1 amide bonds. The molecule has 2 saturated heterocycles. The fourth-order valence-corrected chi connectivity index (χ4v) is 7.86. The Kier molecular flexibility index (Phi) is 7.35. The summed E-state index contributed by atoms with van der Waals surface area (Å²) < 4.78 is 26.7. The smallest absolute Gasteiger partial charge is 0.243 e. The van der Waals surface area contributed by atoms with E-state index in [0.29, 0.717) is 24.8 Å². The fourth-order valence-electron chi connectivity index (χ4n) is 3.29. The van der Waals surface area contributed by atoms with Crippen molar-refractivity contribution in [2.45, 2.75) is 55.1 Å². The summed E-state index contributed by atoms with van der Waals surface area (Å²) in [6, 6.07) is 4.07. The van der Waals surface area contributed by atoms with Gasteiger partial charge in [-0.05, 0) is 50.3 Å². The Morgan fingerprint density at radius 3 is 2.74 bits per heavy atom. The van der Waals surface area contributed by atoms with E-state index in [1.54, 1.807) is 0 Å². The van der Waals surface area contributed by atoms with E-state index in [0.717, 1.165) is 32.1 Å². The summed E-state index contributed by atoms with van der Waals surface area (Å²) in [5.74, 6) is 0.892. The van der Waals surface area contributed by atoms with E-state index in [1.807, 2.05) is 21.6 Å². The molecule has 150 valence electrons. The number of benzene rings is 1. The molecule has 0 saturated carbocycles. The molecule has 2 aliphatic rings. The first-order chi connectivity index (χ1) is 13.0. The Bertz CT molecular complexity index is 758. The largest absolute Gasteiger partial charge is 0.506 e. The predicted molar refractivity (Wildman–Crippen MR) is 112 cm³/mol. The van der Waals surface area contributed by atoms with Crippen LogP contribution in [0.5, 0.6) is 5.75 Å². The Morgan fingerprint density at radius 2 is 2.04 bits per heavy atom. The van der Waals surface area contributed by atoms with Crippen molar-refractivity contribution in [3.05, 3.63) is 18.2 Å². The molecule has 0 aromatic heterocycles. The van der Waals surface area contributed by atoms with Crippen molar-refractivity contribution in [3.8, 4) is 5.75 Å². The van der Waals surface area contributed by atoms with Gasteiger partial charge in [-0.1, -0.05) is 28.0 Å². The molecule has 2 N–H and O–H groups in total. The Balaban J connectivity index is 1.55. The maximum Gasteiger partial charge on any atom is 0.243 e. The minimum atomic E-state index is -3.58. The number of nitrogens with zero attached hydrogens (tertiary/aromatic N) is 1. The van der Waals surface area contributed by atoms with Crippen molar-refractivity contribution >= 4 is 43.2 Å². The van der Waals surface area contributed by atoms with Crippen molar-refractivity contribution in [1.29, 1.82) is 0 Å². The number of phenolic OH excluding ortho intramolecular Hbond substituents is 1. The van der Waals surface area contributed by atoms with E-state index in [2.05, 4.69) is 5.32 Å². The van der Waals surface area contributed by atoms with Gasteiger partial charge >= 0.3 is 0 Å². The van der Waals surface area contributed by atoms with Crippen molar-refractivity contribution in [3.63, 3.8) is 0 Å². The quantitative estimate of drug-likeness (QED) is 0.370. The average molecular weight is 431 g/mol. The molecular weight excluding hydrogens is 404 g/mol. The van der Waals surface area contributed by atoms with Crippen molar-refractivity contribution in [2.75, 3.05) is 24.2 Å². The molecule has 27 heavy (non-hydrogen) atoms. The molecule has 3 rings (SSSR count). The van der Waals surface area contributed by atoms with Crippen LogP contribution in [-0.4, -0.2) is 47.8 Å². The van der Waals surface area contributed by atoms with Crippen LogP contribution < -0.4 is 5.32 Å². The zero-order valence-electron chi connectivity index (χ0n) is 15.2. The van der Waals surface area contributed by atoms with E-state index in [9.17, 15) is 18.3 Å². The highest BCUT2D eigenvalue weighted by atomic mass is 33.1. The number of rotatable bonds is 8. The zero-order chi connectivity index (χ0) is 19.3. The molecule has 2 aliphatic heterocycles. The molecular formula is C18H26N2O4S3. The number of sulfonamides is 1. The van der Waals surface area contributed by atoms with E-state index >= 15 is 0 Å². The molecule has 0 spiro atoms. The van der Waals surface area contributed by atoms with Crippen LogP contribution in [0.15, 0.2) is 23.1 Å². The molecule has 0 bridgehead atoms.